The van der Waals surface area contributed by atoms with Gasteiger partial charge in [0.15, 0.2) is 0 Å². The van der Waals surface area contributed by atoms with Crippen molar-refractivity contribution in [3.05, 3.63) is 166 Å². The van der Waals surface area contributed by atoms with E-state index in [9.17, 15) is 0 Å². The summed E-state index contributed by atoms with van der Waals surface area (Å²) in [5, 5.41) is 0. The van der Waals surface area contributed by atoms with Crippen LogP contribution in [0.3, 0.4) is 0 Å². The number of fused-ring (bicyclic) bond motifs is 2. The molecule has 0 N–H and O–H groups in total. The Balaban J connectivity index is 1.66. The summed E-state index contributed by atoms with van der Waals surface area (Å²) in [5.41, 5.74) is 15.2. The average Bonchev–Trinajstić information content (AvgIpc) is 3.70. The Morgan fingerprint density at radius 1 is 0.846 bits per heavy atom. The second-order valence-corrected chi connectivity index (χ2v) is 10.7. The quantitative estimate of drug-likeness (QED) is 0.367. The predicted molar refractivity (Wildman–Crippen MR) is 166 cm³/mol. The Bertz CT molecular complexity index is 1620. The van der Waals surface area contributed by atoms with Crippen LogP contribution in [0.4, 0.5) is 11.4 Å². The van der Waals surface area contributed by atoms with Crippen LogP contribution in [0.15, 0.2) is 155 Å². The van der Waals surface area contributed by atoms with Gasteiger partial charge in [0, 0.05) is 17.6 Å². The summed E-state index contributed by atoms with van der Waals surface area (Å²) in [4.78, 5) is 2.35. The van der Waals surface area contributed by atoms with Crippen LogP contribution < -0.4 is 4.90 Å². The fraction of sp³-hybridized carbons (Fsp3) is 0.158. The molecule has 0 aliphatic heterocycles. The molecule has 1 atom stereocenters. The maximum absolute atomic E-state index is 5.67. The topological polar surface area (TPSA) is 3.24 Å². The molecule has 0 saturated heterocycles. The zero-order valence-corrected chi connectivity index (χ0v) is 23.0. The van der Waals surface area contributed by atoms with E-state index >= 15 is 0 Å². The second-order valence-electron chi connectivity index (χ2n) is 10.7. The van der Waals surface area contributed by atoms with Crippen molar-refractivity contribution in [1.82, 2.24) is 0 Å². The van der Waals surface area contributed by atoms with E-state index in [1.54, 1.807) is 0 Å². The third kappa shape index (κ3) is 3.71. The molecule has 0 aromatic heterocycles. The van der Waals surface area contributed by atoms with Crippen LogP contribution in [0.2, 0.25) is 0 Å². The first kappa shape index (κ1) is 24.8. The molecule has 190 valence electrons. The Kier molecular flexibility index (Phi) is 6.13. The van der Waals surface area contributed by atoms with Crippen molar-refractivity contribution >= 4 is 11.4 Å². The smallest absolute Gasteiger partial charge is 0.0632 e. The molecule has 0 heterocycles. The molecule has 1 unspecified atom stereocenters. The third-order valence-corrected chi connectivity index (χ3v) is 8.52. The van der Waals surface area contributed by atoms with Crippen LogP contribution >= 0.6 is 0 Å². The molecule has 4 aliphatic rings. The Morgan fingerprint density at radius 3 is 1.97 bits per heavy atom. The molecule has 2 aromatic carbocycles. The highest BCUT2D eigenvalue weighted by Crippen LogP contribution is 2.67. The highest BCUT2D eigenvalue weighted by atomic mass is 15.1. The first-order chi connectivity index (χ1) is 19.0. The molecule has 39 heavy (non-hydrogen) atoms. The summed E-state index contributed by atoms with van der Waals surface area (Å²) in [6, 6.07) is 17.6. The molecule has 1 heteroatoms. The minimum atomic E-state index is -0.311. The zero-order chi connectivity index (χ0) is 27.1. The Hall–Kier alpha value is -4.54. The number of hydrogen-bond acceptors (Lipinski definition) is 1. The van der Waals surface area contributed by atoms with Crippen molar-refractivity contribution in [3.8, 4) is 12.3 Å². The Morgan fingerprint density at radius 2 is 1.41 bits per heavy atom. The summed E-state index contributed by atoms with van der Waals surface area (Å²) < 4.78 is 0. The van der Waals surface area contributed by atoms with E-state index in [-0.39, 0.29) is 5.41 Å². The first-order valence-corrected chi connectivity index (χ1v) is 13.6. The maximum Gasteiger partial charge on any atom is 0.0632 e. The molecule has 0 bridgehead atoms. The fourth-order valence-corrected chi connectivity index (χ4v) is 6.79. The van der Waals surface area contributed by atoms with Crippen molar-refractivity contribution in [2.75, 3.05) is 4.90 Å². The van der Waals surface area contributed by atoms with Gasteiger partial charge in [-0.1, -0.05) is 84.3 Å². The van der Waals surface area contributed by atoms with Gasteiger partial charge in [-0.3, -0.25) is 0 Å². The van der Waals surface area contributed by atoms with Crippen LogP contribution in [0.5, 0.6) is 0 Å². The molecule has 0 saturated carbocycles. The number of aryl methyl sites for hydroxylation is 2. The standard InChI is InChI=1S/C38H33N/c1-6-8-12-31-28(5)38(35-15-9-13-33(31)35)36-16-10-14-34(36)32(11-7-2)37(38)25-39(29-21-17-26(3)18-22-29)30-23-19-27(4)20-24-30/h1,7-14,17-25H,2,15-16H2,3-5H3/b12-8-,32-11-,37-25+. The predicted octanol–water partition coefficient (Wildman–Crippen LogP) is 9.47. The maximum atomic E-state index is 5.67. The van der Waals surface area contributed by atoms with Gasteiger partial charge < -0.3 is 4.90 Å². The third-order valence-electron chi connectivity index (χ3n) is 8.52. The lowest BCUT2D eigenvalue weighted by molar-refractivity contribution is 0.620. The van der Waals surface area contributed by atoms with E-state index < -0.39 is 0 Å². The van der Waals surface area contributed by atoms with E-state index in [2.05, 4.69) is 129 Å². The highest BCUT2D eigenvalue weighted by Gasteiger charge is 2.55. The zero-order valence-electron chi connectivity index (χ0n) is 23.0. The molecule has 1 spiro atoms. The average molecular weight is 504 g/mol. The molecule has 0 radical (unpaired) electrons. The monoisotopic (exact) mass is 503 g/mol. The minimum absolute atomic E-state index is 0.311. The van der Waals surface area contributed by atoms with E-state index in [0.29, 0.717) is 0 Å². The van der Waals surface area contributed by atoms with Gasteiger partial charge in [-0.15, -0.1) is 6.42 Å². The van der Waals surface area contributed by atoms with Crippen molar-refractivity contribution in [3.63, 3.8) is 0 Å². The highest BCUT2D eigenvalue weighted by molar-refractivity contribution is 5.83. The van der Waals surface area contributed by atoms with Gasteiger partial charge in [0.05, 0.1) is 5.41 Å². The lowest BCUT2D eigenvalue weighted by atomic mass is 9.67. The number of hydrogen-bond donors (Lipinski definition) is 0. The number of benzene rings is 2. The van der Waals surface area contributed by atoms with Gasteiger partial charge in [0.2, 0.25) is 0 Å². The normalized spacial score (nSPS) is 23.2. The molecule has 4 aliphatic carbocycles. The minimum Gasteiger partial charge on any atom is -0.317 e. The van der Waals surface area contributed by atoms with Gasteiger partial charge >= 0.3 is 0 Å². The van der Waals surface area contributed by atoms with Crippen LogP contribution in [-0.4, -0.2) is 0 Å². The van der Waals surface area contributed by atoms with E-state index in [1.165, 1.54) is 55.7 Å². The molecule has 0 amide bonds. The molecule has 2 aromatic rings. The van der Waals surface area contributed by atoms with Gasteiger partial charge in [0.1, 0.15) is 0 Å². The summed E-state index contributed by atoms with van der Waals surface area (Å²) in [5.74, 6) is 2.71. The molecular formula is C38H33N. The van der Waals surface area contributed by atoms with Gasteiger partial charge in [-0.25, -0.2) is 0 Å². The largest absolute Gasteiger partial charge is 0.317 e. The number of anilines is 2. The van der Waals surface area contributed by atoms with Gasteiger partial charge in [-0.2, -0.15) is 0 Å². The van der Waals surface area contributed by atoms with E-state index in [0.717, 1.165) is 24.2 Å². The van der Waals surface area contributed by atoms with Gasteiger partial charge in [-0.05, 0) is 115 Å². The number of terminal acetylenes is 1. The Labute approximate surface area is 233 Å². The van der Waals surface area contributed by atoms with E-state index in [4.69, 9.17) is 6.42 Å². The van der Waals surface area contributed by atoms with Crippen LogP contribution in [0.25, 0.3) is 0 Å². The van der Waals surface area contributed by atoms with E-state index in [1.807, 2.05) is 12.2 Å². The lowest BCUT2D eigenvalue weighted by Crippen LogP contribution is -2.27. The van der Waals surface area contributed by atoms with Crippen LogP contribution in [0, 0.1) is 31.6 Å². The molecule has 1 nitrogen and oxygen atoms in total. The van der Waals surface area contributed by atoms with Crippen molar-refractivity contribution in [2.45, 2.75) is 33.6 Å². The van der Waals surface area contributed by atoms with Crippen LogP contribution in [0.1, 0.15) is 30.9 Å². The molecule has 0 fully saturated rings. The lowest BCUT2D eigenvalue weighted by Gasteiger charge is -2.36. The summed E-state index contributed by atoms with van der Waals surface area (Å²) in [6.45, 7) is 10.7. The second kappa shape index (κ2) is 9.64. The van der Waals surface area contributed by atoms with Crippen molar-refractivity contribution in [2.24, 2.45) is 5.41 Å². The fourth-order valence-electron chi connectivity index (χ4n) is 6.79. The van der Waals surface area contributed by atoms with Crippen LogP contribution in [-0.2, 0) is 0 Å². The van der Waals surface area contributed by atoms with Crippen molar-refractivity contribution in [1.29, 1.82) is 0 Å². The number of allylic oxidation sites excluding steroid dienone is 16. The summed E-state index contributed by atoms with van der Waals surface area (Å²) in [6.07, 6.45) is 27.2. The summed E-state index contributed by atoms with van der Waals surface area (Å²) in [7, 11) is 0. The SMILES string of the molecule is C#C/C=C\C1=C(C)C2(C3=C1C=CC3)C1=C(C=CC1)C(=C/C=C)/C2=C\N(c1ccc(C)cc1)c1ccc(C)cc1. The summed E-state index contributed by atoms with van der Waals surface area (Å²) >= 11 is 0. The number of nitrogens with zero attached hydrogens (tertiary/aromatic N) is 1. The van der Waals surface area contributed by atoms with Gasteiger partial charge in [0.25, 0.3) is 0 Å². The molecular weight excluding hydrogens is 470 g/mol. The van der Waals surface area contributed by atoms with Crippen molar-refractivity contribution < 1.29 is 0 Å². The first-order valence-electron chi connectivity index (χ1n) is 13.6. The number of rotatable bonds is 5. The molecule has 6 rings (SSSR count).